The SMILES string of the molecule is COC(=O)C[C@@H](c1c(O)c(C(=O)OC)c[nH]c1=O)c1cc2ccccc2n(CC(C)C)c1=O. The van der Waals surface area contributed by atoms with Gasteiger partial charge in [-0.2, -0.15) is 0 Å². The molecule has 1 aromatic carbocycles. The van der Waals surface area contributed by atoms with Crippen molar-refractivity contribution in [3.8, 4) is 5.75 Å². The van der Waals surface area contributed by atoms with Crippen LogP contribution in [0.5, 0.6) is 5.75 Å². The van der Waals surface area contributed by atoms with Crippen LogP contribution in [0.15, 0.2) is 46.1 Å². The van der Waals surface area contributed by atoms with Gasteiger partial charge in [0.15, 0.2) is 0 Å². The summed E-state index contributed by atoms with van der Waals surface area (Å²) in [4.78, 5) is 53.2. The second kappa shape index (κ2) is 9.72. The molecule has 0 aliphatic carbocycles. The van der Waals surface area contributed by atoms with Crippen LogP contribution in [0, 0.1) is 5.92 Å². The van der Waals surface area contributed by atoms with E-state index in [-0.39, 0.29) is 22.6 Å². The van der Waals surface area contributed by atoms with Crippen LogP contribution in [-0.4, -0.2) is 40.8 Å². The molecule has 9 heteroatoms. The van der Waals surface area contributed by atoms with E-state index in [1.54, 1.807) is 10.6 Å². The predicted molar refractivity (Wildman–Crippen MR) is 122 cm³/mol. The minimum absolute atomic E-state index is 0.127. The van der Waals surface area contributed by atoms with Crippen LogP contribution in [-0.2, 0) is 20.8 Å². The summed E-state index contributed by atoms with van der Waals surface area (Å²) in [6, 6.07) is 8.87. The van der Waals surface area contributed by atoms with Crippen LogP contribution in [0.1, 0.15) is 47.7 Å². The fraction of sp³-hybridized carbons (Fsp3) is 0.333. The van der Waals surface area contributed by atoms with E-state index in [1.807, 2.05) is 38.1 Å². The first-order valence-corrected chi connectivity index (χ1v) is 10.4. The Balaban J connectivity index is 2.37. The summed E-state index contributed by atoms with van der Waals surface area (Å²) in [6.45, 7) is 4.34. The molecule has 0 saturated carbocycles. The number of methoxy groups -OCH3 is 2. The number of para-hydroxylation sites is 1. The lowest BCUT2D eigenvalue weighted by atomic mass is 9.87. The number of esters is 2. The van der Waals surface area contributed by atoms with E-state index in [2.05, 4.69) is 9.72 Å². The molecule has 33 heavy (non-hydrogen) atoms. The monoisotopic (exact) mass is 454 g/mol. The van der Waals surface area contributed by atoms with Crippen molar-refractivity contribution in [2.45, 2.75) is 32.7 Å². The van der Waals surface area contributed by atoms with E-state index in [0.717, 1.165) is 18.7 Å². The van der Waals surface area contributed by atoms with Gasteiger partial charge in [-0.25, -0.2) is 4.79 Å². The topological polar surface area (TPSA) is 128 Å². The Labute approximate surface area is 189 Å². The Morgan fingerprint density at radius 3 is 2.45 bits per heavy atom. The number of rotatable bonds is 7. The first-order valence-electron chi connectivity index (χ1n) is 10.4. The van der Waals surface area contributed by atoms with Gasteiger partial charge in [0.2, 0.25) is 0 Å². The molecule has 2 heterocycles. The zero-order valence-electron chi connectivity index (χ0n) is 18.9. The molecule has 3 aromatic rings. The third kappa shape index (κ3) is 4.67. The van der Waals surface area contributed by atoms with Gasteiger partial charge in [-0.15, -0.1) is 0 Å². The fourth-order valence-corrected chi connectivity index (χ4v) is 3.89. The van der Waals surface area contributed by atoms with Crippen molar-refractivity contribution < 1.29 is 24.2 Å². The van der Waals surface area contributed by atoms with Crippen LogP contribution in [0.25, 0.3) is 10.9 Å². The summed E-state index contributed by atoms with van der Waals surface area (Å²) in [5.41, 5.74) is -0.881. The van der Waals surface area contributed by atoms with E-state index in [0.29, 0.717) is 12.1 Å². The summed E-state index contributed by atoms with van der Waals surface area (Å²) in [5, 5.41) is 11.6. The standard InChI is InChI=1S/C24H26N2O7/c1-13(2)12-26-18-8-6-5-7-14(18)9-16(23(26)30)15(10-19(27)32-3)20-21(28)17(24(31)33-4)11-25-22(20)29/h5-9,11,13,15H,10,12H2,1-4H3,(H2,25,28,29)/t15-/m1/s1. The molecular formula is C24H26N2O7. The second-order valence-corrected chi connectivity index (χ2v) is 8.09. The van der Waals surface area contributed by atoms with Crippen LogP contribution in [0.2, 0.25) is 0 Å². The number of H-pyrrole nitrogens is 1. The molecule has 1 atom stereocenters. The summed E-state index contributed by atoms with van der Waals surface area (Å²) in [5.74, 6) is -3.24. The summed E-state index contributed by atoms with van der Waals surface area (Å²) >= 11 is 0. The molecule has 0 radical (unpaired) electrons. The number of aromatic amines is 1. The molecule has 2 aromatic heterocycles. The van der Waals surface area contributed by atoms with Crippen molar-refractivity contribution in [2.75, 3.05) is 14.2 Å². The molecular weight excluding hydrogens is 428 g/mol. The number of fused-ring (bicyclic) bond motifs is 1. The van der Waals surface area contributed by atoms with Crippen LogP contribution < -0.4 is 11.1 Å². The number of pyridine rings is 2. The molecule has 0 saturated heterocycles. The molecule has 174 valence electrons. The first-order chi connectivity index (χ1) is 15.7. The highest BCUT2D eigenvalue weighted by Crippen LogP contribution is 2.33. The van der Waals surface area contributed by atoms with Gasteiger partial charge in [0.25, 0.3) is 11.1 Å². The van der Waals surface area contributed by atoms with Gasteiger partial charge in [-0.3, -0.25) is 14.4 Å². The van der Waals surface area contributed by atoms with Gasteiger partial charge in [0.1, 0.15) is 11.3 Å². The largest absolute Gasteiger partial charge is 0.506 e. The van der Waals surface area contributed by atoms with Gasteiger partial charge in [0, 0.05) is 24.2 Å². The Bertz CT molecular complexity index is 1320. The number of aromatic nitrogens is 2. The average molecular weight is 454 g/mol. The lowest BCUT2D eigenvalue weighted by Gasteiger charge is -2.21. The van der Waals surface area contributed by atoms with Gasteiger partial charge >= 0.3 is 11.9 Å². The number of aromatic hydroxyl groups is 1. The van der Waals surface area contributed by atoms with E-state index in [1.165, 1.54) is 7.11 Å². The number of benzene rings is 1. The van der Waals surface area contributed by atoms with Gasteiger partial charge in [-0.05, 0) is 23.4 Å². The van der Waals surface area contributed by atoms with Crippen molar-refractivity contribution in [3.63, 3.8) is 0 Å². The fourth-order valence-electron chi connectivity index (χ4n) is 3.89. The maximum atomic E-state index is 13.6. The van der Waals surface area contributed by atoms with Crippen LogP contribution in [0.3, 0.4) is 0 Å². The van der Waals surface area contributed by atoms with Gasteiger partial charge in [0.05, 0.1) is 31.7 Å². The minimum Gasteiger partial charge on any atom is -0.506 e. The van der Waals surface area contributed by atoms with Crippen molar-refractivity contribution >= 4 is 22.8 Å². The second-order valence-electron chi connectivity index (χ2n) is 8.09. The number of nitrogens with zero attached hydrogens (tertiary/aromatic N) is 1. The number of carbonyl (C=O) groups excluding carboxylic acids is 2. The third-order valence-electron chi connectivity index (χ3n) is 5.41. The Morgan fingerprint density at radius 2 is 1.82 bits per heavy atom. The molecule has 9 nitrogen and oxygen atoms in total. The Morgan fingerprint density at radius 1 is 1.12 bits per heavy atom. The summed E-state index contributed by atoms with van der Waals surface area (Å²) in [7, 11) is 2.32. The zero-order chi connectivity index (χ0) is 24.3. The zero-order valence-corrected chi connectivity index (χ0v) is 18.9. The van der Waals surface area contributed by atoms with Crippen molar-refractivity contribution in [3.05, 3.63) is 73.9 Å². The van der Waals surface area contributed by atoms with E-state index in [4.69, 9.17) is 4.74 Å². The minimum atomic E-state index is -1.17. The lowest BCUT2D eigenvalue weighted by molar-refractivity contribution is -0.140. The van der Waals surface area contributed by atoms with Crippen LogP contribution in [0.4, 0.5) is 0 Å². The maximum Gasteiger partial charge on any atom is 0.343 e. The van der Waals surface area contributed by atoms with Crippen molar-refractivity contribution in [1.29, 1.82) is 0 Å². The molecule has 0 aliphatic rings. The molecule has 0 bridgehead atoms. The smallest absolute Gasteiger partial charge is 0.343 e. The molecule has 2 N–H and O–H groups in total. The van der Waals surface area contributed by atoms with Gasteiger partial charge in [-0.1, -0.05) is 32.0 Å². The first kappa shape index (κ1) is 23.8. The van der Waals surface area contributed by atoms with E-state index < -0.39 is 41.1 Å². The number of hydrogen-bond acceptors (Lipinski definition) is 7. The summed E-state index contributed by atoms with van der Waals surface area (Å²) < 4.78 is 11.0. The predicted octanol–water partition coefficient (Wildman–Crippen LogP) is 2.53. The van der Waals surface area contributed by atoms with E-state index >= 15 is 0 Å². The normalized spacial score (nSPS) is 12.0. The highest BCUT2D eigenvalue weighted by atomic mass is 16.5. The van der Waals surface area contributed by atoms with Crippen molar-refractivity contribution in [1.82, 2.24) is 9.55 Å². The lowest BCUT2D eigenvalue weighted by Crippen LogP contribution is -2.31. The molecule has 0 fully saturated rings. The number of nitrogens with one attached hydrogen (secondary N) is 1. The highest BCUT2D eigenvalue weighted by molar-refractivity contribution is 5.92. The quantitative estimate of drug-likeness (QED) is 0.525. The number of ether oxygens (including phenoxy) is 2. The molecule has 3 rings (SSSR count). The van der Waals surface area contributed by atoms with Gasteiger partial charge < -0.3 is 24.1 Å². The molecule has 0 amide bonds. The molecule has 0 aliphatic heterocycles. The number of carbonyl (C=O) groups is 2. The number of hydrogen-bond donors (Lipinski definition) is 2. The average Bonchev–Trinajstić information content (AvgIpc) is 2.79. The summed E-state index contributed by atoms with van der Waals surface area (Å²) in [6.07, 6.45) is 0.632. The van der Waals surface area contributed by atoms with Crippen LogP contribution >= 0.6 is 0 Å². The van der Waals surface area contributed by atoms with E-state index in [9.17, 15) is 24.3 Å². The van der Waals surface area contributed by atoms with Crippen molar-refractivity contribution in [2.24, 2.45) is 5.92 Å². The third-order valence-corrected chi connectivity index (χ3v) is 5.41. The maximum absolute atomic E-state index is 13.6. The molecule has 0 unspecified atom stereocenters. The Hall–Kier alpha value is -3.88. The Kier molecular flexibility index (Phi) is 7.01. The highest BCUT2D eigenvalue weighted by Gasteiger charge is 2.31. The molecule has 0 spiro atoms.